The summed E-state index contributed by atoms with van der Waals surface area (Å²) in [5.74, 6) is -0.842. The van der Waals surface area contributed by atoms with Gasteiger partial charge in [-0.25, -0.2) is 0 Å². The van der Waals surface area contributed by atoms with Crippen LogP contribution in [0.25, 0.3) is 0 Å². The van der Waals surface area contributed by atoms with Crippen molar-refractivity contribution in [3.05, 3.63) is 109 Å². The van der Waals surface area contributed by atoms with Gasteiger partial charge < -0.3 is 27.9 Å². The van der Waals surface area contributed by atoms with E-state index in [2.05, 4.69) is 123 Å². The second kappa shape index (κ2) is 64.2. The molecule has 9 nitrogen and oxygen atoms in total. The lowest BCUT2D eigenvalue weighted by Crippen LogP contribution is -2.37. The third-order valence-corrected chi connectivity index (χ3v) is 15.7. The molecule has 0 aliphatic rings. The van der Waals surface area contributed by atoms with Crippen LogP contribution in [0.3, 0.4) is 0 Å². The minimum atomic E-state index is -4.65. The van der Waals surface area contributed by atoms with Crippen LogP contribution in [0.15, 0.2) is 109 Å². The predicted molar refractivity (Wildman–Crippen MR) is 360 cm³/mol. The first-order valence-corrected chi connectivity index (χ1v) is 36.1. The highest BCUT2D eigenvalue weighted by Gasteiger charge is 2.22. The normalized spacial score (nSPS) is 13.8. The molecule has 2 atom stereocenters. The Morgan fingerprint density at radius 3 is 1.01 bits per heavy atom. The fourth-order valence-electron chi connectivity index (χ4n) is 9.49. The quantitative estimate of drug-likeness (QED) is 0.0195. The molecule has 84 heavy (non-hydrogen) atoms. The second-order valence-corrected chi connectivity index (χ2v) is 25.6. The van der Waals surface area contributed by atoms with Crippen molar-refractivity contribution in [2.45, 2.75) is 302 Å². The second-order valence-electron chi connectivity index (χ2n) is 24.2. The Hall–Kier alpha value is -3.33. The highest BCUT2D eigenvalue weighted by molar-refractivity contribution is 7.45. The number of carbonyl (C=O) groups excluding carboxylic acids is 2. The lowest BCUT2D eigenvalue weighted by Gasteiger charge is -2.28. The van der Waals surface area contributed by atoms with Crippen molar-refractivity contribution in [2.75, 3.05) is 47.5 Å². The summed E-state index contributed by atoms with van der Waals surface area (Å²) in [4.78, 5) is 38.0. The summed E-state index contributed by atoms with van der Waals surface area (Å²) in [6.45, 7) is 4.12. The van der Waals surface area contributed by atoms with Gasteiger partial charge in [0, 0.05) is 12.8 Å². The number of phosphoric acid groups is 1. The molecule has 0 amide bonds. The van der Waals surface area contributed by atoms with Crippen LogP contribution in [-0.2, 0) is 32.7 Å². The molecule has 484 valence electrons. The molecular formula is C74H130NO8P. The van der Waals surface area contributed by atoms with E-state index in [-0.39, 0.29) is 26.1 Å². The van der Waals surface area contributed by atoms with Crippen LogP contribution in [0.2, 0.25) is 0 Å². The van der Waals surface area contributed by atoms with Crippen molar-refractivity contribution in [3.63, 3.8) is 0 Å². The Morgan fingerprint density at radius 2 is 0.679 bits per heavy atom. The first-order chi connectivity index (χ1) is 41.0. The zero-order valence-electron chi connectivity index (χ0n) is 55.1. The van der Waals surface area contributed by atoms with Crippen LogP contribution in [-0.4, -0.2) is 70.0 Å². The van der Waals surface area contributed by atoms with Gasteiger partial charge >= 0.3 is 11.9 Å². The van der Waals surface area contributed by atoms with Gasteiger partial charge in [0.15, 0.2) is 6.10 Å². The van der Waals surface area contributed by atoms with E-state index in [0.717, 1.165) is 96.3 Å². The molecule has 0 aromatic heterocycles. The van der Waals surface area contributed by atoms with Crippen molar-refractivity contribution in [1.29, 1.82) is 0 Å². The van der Waals surface area contributed by atoms with Crippen molar-refractivity contribution in [3.8, 4) is 0 Å². The van der Waals surface area contributed by atoms with Crippen LogP contribution in [0, 0.1) is 0 Å². The number of phosphoric ester groups is 1. The molecule has 0 heterocycles. The molecule has 0 aromatic carbocycles. The molecule has 0 saturated carbocycles. The number of hydrogen-bond donors (Lipinski definition) is 0. The third-order valence-electron chi connectivity index (χ3n) is 14.8. The molecule has 0 spiro atoms. The number of ether oxygens (including phenoxy) is 2. The maximum atomic E-state index is 12.9. The van der Waals surface area contributed by atoms with Gasteiger partial charge in [-0.15, -0.1) is 0 Å². The van der Waals surface area contributed by atoms with Crippen molar-refractivity contribution >= 4 is 19.8 Å². The molecule has 0 fully saturated rings. The number of nitrogens with zero attached hydrogens (tertiary/aromatic N) is 1. The predicted octanol–water partition coefficient (Wildman–Crippen LogP) is 21.9. The fourth-order valence-corrected chi connectivity index (χ4v) is 10.2. The maximum Gasteiger partial charge on any atom is 0.306 e. The number of rotatable bonds is 63. The molecule has 2 unspecified atom stereocenters. The first kappa shape index (κ1) is 80.7. The third kappa shape index (κ3) is 67.8. The van der Waals surface area contributed by atoms with Gasteiger partial charge in [-0.3, -0.25) is 14.2 Å². The van der Waals surface area contributed by atoms with Crippen molar-refractivity contribution in [1.82, 2.24) is 0 Å². The number of esters is 2. The zero-order chi connectivity index (χ0) is 61.2. The molecule has 10 heteroatoms. The van der Waals surface area contributed by atoms with Gasteiger partial charge in [0.05, 0.1) is 27.7 Å². The molecule has 0 radical (unpaired) electrons. The van der Waals surface area contributed by atoms with Crippen molar-refractivity contribution in [2.24, 2.45) is 0 Å². The van der Waals surface area contributed by atoms with E-state index in [9.17, 15) is 19.0 Å². The standard InChI is InChI=1S/C74H130NO8P/c1-6-8-10-12-14-16-18-20-22-24-26-28-29-30-31-32-33-34-35-36-37-38-39-40-41-42-43-44-45-47-49-51-53-55-57-59-61-63-65-67-74(77)83-72(71-82-84(78,79)81-69-68-75(3,4)5)70-80-73(76)66-64-62-60-58-56-54-52-50-48-46-27-25-23-21-19-17-15-13-11-9-7-2/h8,10,14,16,19-22,25-28,30-31,33-34,48,50,72H,6-7,9,11-13,15,17-18,23-24,29,32,35-47,49,51-71H2,1-5H3/b10-8-,16-14-,21-19-,22-20-,27-25-,28-26-,31-30-,34-33-,50-48-. The summed E-state index contributed by atoms with van der Waals surface area (Å²) in [6, 6.07) is 0. The number of likely N-dealkylation sites (N-methyl/N-ethyl adjacent to an activating group) is 1. The van der Waals surface area contributed by atoms with Gasteiger partial charge in [0.2, 0.25) is 0 Å². The monoisotopic (exact) mass is 1190 g/mol. The van der Waals surface area contributed by atoms with E-state index in [1.165, 1.54) is 161 Å². The van der Waals surface area contributed by atoms with Crippen molar-refractivity contribution < 1.29 is 42.1 Å². The fraction of sp³-hybridized carbons (Fsp3) is 0.730. The van der Waals surface area contributed by atoms with Gasteiger partial charge in [0.1, 0.15) is 19.8 Å². The Kier molecular flexibility index (Phi) is 61.6. The van der Waals surface area contributed by atoms with Gasteiger partial charge in [-0.2, -0.15) is 0 Å². The largest absolute Gasteiger partial charge is 0.756 e. The van der Waals surface area contributed by atoms with Crippen LogP contribution in [0.4, 0.5) is 0 Å². The number of allylic oxidation sites excluding steroid dienone is 18. The Bertz CT molecular complexity index is 1790. The molecule has 0 aromatic rings. The van der Waals surface area contributed by atoms with Crippen LogP contribution >= 0.6 is 7.82 Å². The Morgan fingerprint density at radius 1 is 0.381 bits per heavy atom. The molecule has 0 rings (SSSR count). The average Bonchev–Trinajstić information content (AvgIpc) is 3.61. The zero-order valence-corrected chi connectivity index (χ0v) is 56.0. The van der Waals surface area contributed by atoms with E-state index in [1.54, 1.807) is 0 Å². The van der Waals surface area contributed by atoms with E-state index < -0.39 is 32.5 Å². The Labute approximate surface area is 518 Å². The summed E-state index contributed by atoms with van der Waals surface area (Å²) in [6.07, 6.45) is 90.3. The van der Waals surface area contributed by atoms with Gasteiger partial charge in [-0.1, -0.05) is 290 Å². The minimum absolute atomic E-state index is 0.0357. The van der Waals surface area contributed by atoms with Crippen LogP contribution in [0.5, 0.6) is 0 Å². The van der Waals surface area contributed by atoms with Crippen LogP contribution in [0.1, 0.15) is 296 Å². The topological polar surface area (TPSA) is 111 Å². The average molecular weight is 1190 g/mol. The van der Waals surface area contributed by atoms with E-state index in [0.29, 0.717) is 23.9 Å². The molecule has 0 aliphatic carbocycles. The molecule has 0 saturated heterocycles. The summed E-state index contributed by atoms with van der Waals surface area (Å²) >= 11 is 0. The highest BCUT2D eigenvalue weighted by Crippen LogP contribution is 2.38. The summed E-state index contributed by atoms with van der Waals surface area (Å²) in [5, 5.41) is 0. The maximum absolute atomic E-state index is 12.9. The van der Waals surface area contributed by atoms with E-state index >= 15 is 0 Å². The molecular weight excluding hydrogens is 1060 g/mol. The molecule has 0 aliphatic heterocycles. The lowest BCUT2D eigenvalue weighted by molar-refractivity contribution is -0.870. The number of unbranched alkanes of at least 4 members (excludes halogenated alkanes) is 31. The van der Waals surface area contributed by atoms with Gasteiger partial charge in [0.25, 0.3) is 7.82 Å². The summed E-state index contributed by atoms with van der Waals surface area (Å²) < 4.78 is 34.3. The first-order valence-electron chi connectivity index (χ1n) is 34.6. The molecule has 0 N–H and O–H groups in total. The Balaban J connectivity index is 4.01. The lowest BCUT2D eigenvalue weighted by atomic mass is 10.0. The van der Waals surface area contributed by atoms with E-state index in [4.69, 9.17) is 18.5 Å². The van der Waals surface area contributed by atoms with Gasteiger partial charge in [-0.05, 0) is 103 Å². The summed E-state index contributed by atoms with van der Waals surface area (Å²) in [7, 11) is 1.16. The smallest absolute Gasteiger partial charge is 0.306 e. The number of carbonyl (C=O) groups is 2. The van der Waals surface area contributed by atoms with E-state index in [1.807, 2.05) is 21.1 Å². The minimum Gasteiger partial charge on any atom is -0.756 e. The summed E-state index contributed by atoms with van der Waals surface area (Å²) in [5.41, 5.74) is 0. The SMILES string of the molecule is CC/C=C\C/C=C\C/C=C\C/C=C\C/C=C\C/C=C\CCCCCCCCCCCCCCCCCCCCCCC(=O)OC(COC(=O)CCCCCCCC/C=C\C/C=C\C/C=C\CCCCCCC)COP(=O)([O-])OCC[N+](C)(C)C. The van der Waals surface area contributed by atoms with Crippen LogP contribution < -0.4 is 4.89 Å². The number of hydrogen-bond acceptors (Lipinski definition) is 8. The number of quaternary nitrogens is 1. The highest BCUT2D eigenvalue weighted by atomic mass is 31.2. The molecule has 0 bridgehead atoms.